The summed E-state index contributed by atoms with van der Waals surface area (Å²) in [6, 6.07) is 7.67. The molecule has 1 amide bonds. The van der Waals surface area contributed by atoms with Gasteiger partial charge < -0.3 is 9.88 Å². The third-order valence-corrected chi connectivity index (χ3v) is 5.66. The number of hydrogen-bond donors (Lipinski definition) is 1. The SMILES string of the molecule is CCc1ccc2c(c1)CCCN2C(=O)c1cc2c([nH]c1=O)CC(C)CC2=O. The molecule has 5 heteroatoms. The number of aromatic nitrogens is 1. The van der Waals surface area contributed by atoms with Crippen LogP contribution in [0.15, 0.2) is 29.1 Å². The van der Waals surface area contributed by atoms with Crippen LogP contribution in [0.25, 0.3) is 0 Å². The quantitative estimate of drug-likeness (QED) is 0.889. The van der Waals surface area contributed by atoms with Gasteiger partial charge in [-0.1, -0.05) is 26.0 Å². The minimum atomic E-state index is -0.405. The van der Waals surface area contributed by atoms with Gasteiger partial charge >= 0.3 is 0 Å². The number of carbonyl (C=O) groups excluding carboxylic acids is 2. The second kappa shape index (κ2) is 6.80. The Balaban J connectivity index is 1.74. The Morgan fingerprint density at radius 3 is 2.81 bits per heavy atom. The molecule has 0 bridgehead atoms. The van der Waals surface area contributed by atoms with E-state index < -0.39 is 5.56 Å². The number of amides is 1. The molecule has 2 aromatic rings. The van der Waals surface area contributed by atoms with E-state index in [2.05, 4.69) is 18.0 Å². The number of nitrogens with one attached hydrogen (secondary N) is 1. The number of carbonyl (C=O) groups is 2. The summed E-state index contributed by atoms with van der Waals surface area (Å²) in [4.78, 5) is 42.6. The van der Waals surface area contributed by atoms with E-state index in [0.717, 1.165) is 30.5 Å². The zero-order valence-electron chi connectivity index (χ0n) is 15.8. The van der Waals surface area contributed by atoms with Gasteiger partial charge in [-0.25, -0.2) is 0 Å². The molecule has 0 fully saturated rings. The number of benzene rings is 1. The molecule has 2 heterocycles. The third kappa shape index (κ3) is 3.11. The summed E-state index contributed by atoms with van der Waals surface area (Å²) >= 11 is 0. The van der Waals surface area contributed by atoms with E-state index in [1.165, 1.54) is 11.6 Å². The van der Waals surface area contributed by atoms with Gasteiger partial charge in [0.25, 0.3) is 11.5 Å². The summed E-state index contributed by atoms with van der Waals surface area (Å²) in [6.45, 7) is 4.68. The maximum absolute atomic E-state index is 13.2. The second-order valence-corrected chi connectivity index (χ2v) is 7.72. The fourth-order valence-corrected chi connectivity index (χ4v) is 4.21. The first-order valence-corrected chi connectivity index (χ1v) is 9.71. The molecule has 0 radical (unpaired) electrons. The lowest BCUT2D eigenvalue weighted by atomic mass is 9.86. The van der Waals surface area contributed by atoms with Crippen LogP contribution in [-0.4, -0.2) is 23.2 Å². The number of rotatable bonds is 2. The zero-order chi connectivity index (χ0) is 19.1. The zero-order valence-corrected chi connectivity index (χ0v) is 15.8. The maximum Gasteiger partial charge on any atom is 0.263 e. The van der Waals surface area contributed by atoms with Crippen molar-refractivity contribution < 1.29 is 9.59 Å². The van der Waals surface area contributed by atoms with Crippen LogP contribution in [0.4, 0.5) is 5.69 Å². The van der Waals surface area contributed by atoms with Crippen LogP contribution in [0.5, 0.6) is 0 Å². The van der Waals surface area contributed by atoms with Crippen molar-refractivity contribution in [1.29, 1.82) is 0 Å². The largest absolute Gasteiger partial charge is 0.325 e. The molecule has 5 nitrogen and oxygen atoms in total. The Morgan fingerprint density at radius 2 is 2.04 bits per heavy atom. The molecule has 1 unspecified atom stereocenters. The van der Waals surface area contributed by atoms with Crippen LogP contribution in [0.2, 0.25) is 0 Å². The van der Waals surface area contributed by atoms with Crippen molar-refractivity contribution in [1.82, 2.24) is 4.98 Å². The number of hydrogen-bond acceptors (Lipinski definition) is 3. The number of Topliss-reactive ketones (excluding diaryl/α,β-unsaturated/α-hetero) is 1. The minimum Gasteiger partial charge on any atom is -0.325 e. The molecule has 27 heavy (non-hydrogen) atoms. The van der Waals surface area contributed by atoms with E-state index in [4.69, 9.17) is 0 Å². The van der Waals surface area contributed by atoms with Gasteiger partial charge in [0.15, 0.2) is 5.78 Å². The number of nitrogens with zero attached hydrogens (tertiary/aromatic N) is 1. The number of fused-ring (bicyclic) bond motifs is 2. The van der Waals surface area contributed by atoms with Crippen LogP contribution in [0, 0.1) is 5.92 Å². The van der Waals surface area contributed by atoms with Gasteiger partial charge in [0.05, 0.1) is 0 Å². The van der Waals surface area contributed by atoms with E-state index in [1.54, 1.807) is 4.90 Å². The molecule has 1 aliphatic heterocycles. The molecule has 1 N–H and O–H groups in total. The Bertz CT molecular complexity index is 990. The topological polar surface area (TPSA) is 70.2 Å². The molecule has 1 aromatic carbocycles. The van der Waals surface area contributed by atoms with Crippen molar-refractivity contribution in [2.24, 2.45) is 5.92 Å². The lowest BCUT2D eigenvalue weighted by Crippen LogP contribution is -2.39. The van der Waals surface area contributed by atoms with Crippen molar-refractivity contribution in [2.75, 3.05) is 11.4 Å². The van der Waals surface area contributed by atoms with Gasteiger partial charge in [-0.15, -0.1) is 0 Å². The lowest BCUT2D eigenvalue weighted by Gasteiger charge is -2.30. The van der Waals surface area contributed by atoms with Crippen LogP contribution in [0.1, 0.15) is 64.2 Å². The Hall–Kier alpha value is -2.69. The van der Waals surface area contributed by atoms with Gasteiger partial charge in [0.2, 0.25) is 0 Å². The molecule has 0 spiro atoms. The van der Waals surface area contributed by atoms with E-state index in [9.17, 15) is 14.4 Å². The molecule has 1 atom stereocenters. The average Bonchev–Trinajstić information content (AvgIpc) is 2.65. The van der Waals surface area contributed by atoms with E-state index >= 15 is 0 Å². The smallest absolute Gasteiger partial charge is 0.263 e. The number of pyridine rings is 1. The van der Waals surface area contributed by atoms with Crippen molar-refractivity contribution in [3.63, 3.8) is 0 Å². The molecule has 4 rings (SSSR count). The van der Waals surface area contributed by atoms with Crippen molar-refractivity contribution in [3.8, 4) is 0 Å². The summed E-state index contributed by atoms with van der Waals surface area (Å²) in [5.74, 6) is -0.111. The molecule has 2 aliphatic rings. The Kier molecular flexibility index (Phi) is 4.46. The van der Waals surface area contributed by atoms with Gasteiger partial charge in [0.1, 0.15) is 5.56 Å². The maximum atomic E-state index is 13.2. The van der Waals surface area contributed by atoms with Gasteiger partial charge in [-0.05, 0) is 54.9 Å². The summed E-state index contributed by atoms with van der Waals surface area (Å²) in [5, 5.41) is 0. The molecule has 1 aliphatic carbocycles. The number of anilines is 1. The number of aromatic amines is 1. The number of aryl methyl sites for hydroxylation is 2. The first-order chi connectivity index (χ1) is 13.0. The Morgan fingerprint density at radius 1 is 1.22 bits per heavy atom. The highest BCUT2D eigenvalue weighted by Crippen LogP contribution is 2.30. The van der Waals surface area contributed by atoms with Crippen molar-refractivity contribution in [2.45, 2.75) is 46.0 Å². The highest BCUT2D eigenvalue weighted by atomic mass is 16.2. The average molecular weight is 364 g/mol. The highest BCUT2D eigenvalue weighted by Gasteiger charge is 2.29. The minimum absolute atomic E-state index is 0.000631. The van der Waals surface area contributed by atoms with Crippen molar-refractivity contribution in [3.05, 3.63) is 62.6 Å². The lowest BCUT2D eigenvalue weighted by molar-refractivity contribution is 0.0952. The van der Waals surface area contributed by atoms with Gasteiger partial charge in [-0.2, -0.15) is 0 Å². The van der Waals surface area contributed by atoms with E-state index in [0.29, 0.717) is 30.6 Å². The van der Waals surface area contributed by atoms with Crippen molar-refractivity contribution >= 4 is 17.4 Å². The van der Waals surface area contributed by atoms with Gasteiger partial charge in [-0.3, -0.25) is 14.4 Å². The monoisotopic (exact) mass is 364 g/mol. The fraction of sp³-hybridized carbons (Fsp3) is 0.409. The highest BCUT2D eigenvalue weighted by molar-refractivity contribution is 6.08. The van der Waals surface area contributed by atoms with E-state index in [-0.39, 0.29) is 23.2 Å². The summed E-state index contributed by atoms with van der Waals surface area (Å²) in [5.41, 5.74) is 4.08. The predicted octanol–water partition coefficient (Wildman–Crippen LogP) is 3.30. The third-order valence-electron chi connectivity index (χ3n) is 5.66. The molecule has 0 saturated heterocycles. The molecular weight excluding hydrogens is 340 g/mol. The van der Waals surface area contributed by atoms with Crippen LogP contribution < -0.4 is 10.5 Å². The van der Waals surface area contributed by atoms with Crippen LogP contribution >= 0.6 is 0 Å². The summed E-state index contributed by atoms with van der Waals surface area (Å²) < 4.78 is 0. The molecule has 140 valence electrons. The normalized spacial score (nSPS) is 18.8. The molecule has 0 saturated carbocycles. The standard InChI is InChI=1S/C22H24N2O3/c1-3-14-6-7-19-15(11-14)5-4-8-24(19)22(27)17-12-16-18(23-21(17)26)9-13(2)10-20(16)25/h6-7,11-13H,3-5,8-10H2,1-2H3,(H,23,26). The number of H-pyrrole nitrogens is 1. The molecule has 1 aromatic heterocycles. The van der Waals surface area contributed by atoms with Crippen LogP contribution in [0.3, 0.4) is 0 Å². The summed E-state index contributed by atoms with van der Waals surface area (Å²) in [6.07, 6.45) is 3.87. The first kappa shape index (κ1) is 17.7. The number of ketones is 1. The Labute approximate surface area is 158 Å². The first-order valence-electron chi connectivity index (χ1n) is 9.71. The summed E-state index contributed by atoms with van der Waals surface area (Å²) in [7, 11) is 0. The predicted molar refractivity (Wildman–Crippen MR) is 105 cm³/mol. The van der Waals surface area contributed by atoms with Gasteiger partial charge in [0, 0.05) is 29.9 Å². The second-order valence-electron chi connectivity index (χ2n) is 7.72. The molecular formula is C22H24N2O3. The fourth-order valence-electron chi connectivity index (χ4n) is 4.21. The van der Waals surface area contributed by atoms with Crippen LogP contribution in [-0.2, 0) is 19.3 Å². The van der Waals surface area contributed by atoms with E-state index in [1.807, 2.05) is 19.1 Å².